The molecule has 68 heavy (non-hydrogen) atoms. The Kier molecular flexibility index (Phi) is 9.04. The summed E-state index contributed by atoms with van der Waals surface area (Å²) in [6.45, 7) is 18.2. The molecule has 0 N–H and O–H groups in total. The van der Waals surface area contributed by atoms with Gasteiger partial charge in [0.05, 0.1) is 0 Å². The minimum absolute atomic E-state index is 0.0726. The molecule has 0 spiro atoms. The second-order valence-corrected chi connectivity index (χ2v) is 23.0. The number of rotatable bonds is 5. The van der Waals surface area contributed by atoms with Crippen LogP contribution in [0.1, 0.15) is 78.0 Å². The Morgan fingerprint density at radius 3 is 1.37 bits per heavy atom. The average Bonchev–Trinajstić information content (AvgIpc) is 4.13. The van der Waals surface area contributed by atoms with E-state index in [1.807, 2.05) is 0 Å². The van der Waals surface area contributed by atoms with Crippen molar-refractivity contribution in [1.29, 1.82) is 0 Å². The van der Waals surface area contributed by atoms with Crippen molar-refractivity contribution in [2.24, 2.45) is 0 Å². The van der Waals surface area contributed by atoms with Gasteiger partial charge >= 0.3 is 0 Å². The third kappa shape index (κ3) is 6.25. The summed E-state index contributed by atoms with van der Waals surface area (Å²) < 4.78 is 17.3. The van der Waals surface area contributed by atoms with Crippen LogP contribution in [-0.2, 0) is 10.8 Å². The molecule has 0 amide bonds. The molecule has 0 saturated heterocycles. The number of benzene rings is 7. The van der Waals surface area contributed by atoms with Crippen molar-refractivity contribution in [3.05, 3.63) is 173 Å². The second-order valence-electron chi connectivity index (χ2n) is 21.2. The van der Waals surface area contributed by atoms with E-state index in [0.29, 0.717) is 0 Å². The smallest absolute Gasteiger partial charge is 0.262 e. The number of fused-ring (bicyclic) bond motifs is 10. The summed E-state index contributed by atoms with van der Waals surface area (Å²) in [5, 5.41) is 9.43. The van der Waals surface area contributed by atoms with E-state index in [1.165, 1.54) is 75.5 Å². The molecule has 0 radical (unpaired) electrons. The van der Waals surface area contributed by atoms with Gasteiger partial charge in [-0.3, -0.25) is 9.80 Å². The van der Waals surface area contributed by atoms with Gasteiger partial charge in [0, 0.05) is 75.7 Å². The Morgan fingerprint density at radius 1 is 0.471 bits per heavy atom. The lowest BCUT2D eigenvalue weighted by Gasteiger charge is -2.41. The molecule has 7 heteroatoms. The van der Waals surface area contributed by atoms with Crippen molar-refractivity contribution >= 4 is 122 Å². The van der Waals surface area contributed by atoms with Crippen LogP contribution in [0.15, 0.2) is 165 Å². The molecule has 4 aromatic heterocycles. The number of anilines is 6. The van der Waals surface area contributed by atoms with Crippen LogP contribution in [0.3, 0.4) is 0 Å². The van der Waals surface area contributed by atoms with E-state index in [0.717, 1.165) is 56.5 Å². The highest BCUT2D eigenvalue weighted by Crippen LogP contribution is 2.50. The molecule has 11 aromatic rings. The monoisotopic (exact) mass is 918 g/mol. The summed E-state index contributed by atoms with van der Waals surface area (Å²) in [5.74, 6) is 1.95. The van der Waals surface area contributed by atoms with E-state index >= 15 is 0 Å². The topological polar surface area (TPSA) is 32.8 Å². The van der Waals surface area contributed by atoms with Crippen molar-refractivity contribution in [2.45, 2.75) is 72.1 Å². The summed E-state index contributed by atoms with van der Waals surface area (Å²) in [4.78, 5) is 4.87. The standard InChI is InChI=1S/C61H51BN2O2S2/c1-35(2)38-29-49-57-50(30-38)64(42-18-14-16-37(28-42)48-34-68-54-22-12-10-20-44(48)54)59-56(46-32-40(61(6,7)8)24-26-52(46)66-59)62(57)55-45-31-39(60(3,4)5)23-25-51(45)65-58(55)63(49)41-17-13-15-36(27-41)47-33-67-53-21-11-9-19-43(47)53/h9-35H,1-8H3. The molecule has 0 aliphatic carbocycles. The zero-order valence-corrected chi connectivity index (χ0v) is 41.3. The normalized spacial score (nSPS) is 13.6. The van der Waals surface area contributed by atoms with Crippen LogP contribution in [0.2, 0.25) is 0 Å². The van der Waals surface area contributed by atoms with Gasteiger partial charge in [0.2, 0.25) is 11.8 Å². The first-order valence-corrected chi connectivity index (χ1v) is 25.6. The van der Waals surface area contributed by atoms with Crippen molar-refractivity contribution in [3.63, 3.8) is 0 Å². The van der Waals surface area contributed by atoms with Gasteiger partial charge < -0.3 is 8.83 Å². The third-order valence-corrected chi connectivity index (χ3v) is 16.4. The number of hydrogen-bond acceptors (Lipinski definition) is 6. The molecule has 2 aliphatic rings. The van der Waals surface area contributed by atoms with Crippen LogP contribution in [0.4, 0.5) is 34.5 Å². The van der Waals surface area contributed by atoms with Crippen molar-refractivity contribution < 1.29 is 8.83 Å². The van der Waals surface area contributed by atoms with E-state index in [4.69, 9.17) is 8.83 Å². The number of thiophene rings is 2. The Balaban J connectivity index is 1.14. The Morgan fingerprint density at radius 2 is 0.926 bits per heavy atom. The molecule has 6 heterocycles. The molecular weight excluding hydrogens is 868 g/mol. The first-order valence-electron chi connectivity index (χ1n) is 23.9. The molecule has 4 nitrogen and oxygen atoms in total. The molecule has 2 aliphatic heterocycles. The van der Waals surface area contributed by atoms with Crippen LogP contribution in [-0.4, -0.2) is 6.71 Å². The summed E-state index contributed by atoms with van der Waals surface area (Å²) in [6, 6.07) is 54.2. The maximum Gasteiger partial charge on any atom is 0.262 e. The van der Waals surface area contributed by atoms with Crippen molar-refractivity contribution in [3.8, 4) is 22.3 Å². The molecule has 332 valence electrons. The quantitative estimate of drug-likeness (QED) is 0.161. The first-order chi connectivity index (χ1) is 32.8. The van der Waals surface area contributed by atoms with E-state index < -0.39 is 0 Å². The Hall–Kier alpha value is -6.80. The lowest BCUT2D eigenvalue weighted by molar-refractivity contribution is 0.589. The maximum atomic E-state index is 7.35. The zero-order chi connectivity index (χ0) is 46.4. The fourth-order valence-electron chi connectivity index (χ4n) is 10.9. The largest absolute Gasteiger partial charge is 0.440 e. The van der Waals surface area contributed by atoms with Crippen LogP contribution in [0, 0.1) is 0 Å². The molecular formula is C61H51BN2O2S2. The molecule has 0 fully saturated rings. The van der Waals surface area contributed by atoms with Crippen molar-refractivity contribution in [1.82, 2.24) is 0 Å². The first kappa shape index (κ1) is 41.4. The fraction of sp³-hybridized carbons (Fsp3) is 0.180. The number of nitrogens with zero attached hydrogens (tertiary/aromatic N) is 2. The van der Waals surface area contributed by atoms with Gasteiger partial charge in [0.15, 0.2) is 0 Å². The average molecular weight is 919 g/mol. The van der Waals surface area contributed by atoms with Crippen LogP contribution in [0.5, 0.6) is 0 Å². The minimum Gasteiger partial charge on any atom is -0.440 e. The fourth-order valence-corrected chi connectivity index (χ4v) is 12.8. The lowest BCUT2D eigenvalue weighted by atomic mass is 9.33. The van der Waals surface area contributed by atoms with E-state index in [-0.39, 0.29) is 23.5 Å². The zero-order valence-electron chi connectivity index (χ0n) is 39.7. The van der Waals surface area contributed by atoms with E-state index in [2.05, 4.69) is 222 Å². The highest BCUT2D eigenvalue weighted by atomic mass is 32.1. The maximum absolute atomic E-state index is 7.35. The summed E-state index contributed by atoms with van der Waals surface area (Å²) in [6.07, 6.45) is 0. The molecule has 0 unspecified atom stereocenters. The highest BCUT2D eigenvalue weighted by Gasteiger charge is 2.49. The second kappa shape index (κ2) is 14.9. The number of furan rings is 2. The number of hydrogen-bond donors (Lipinski definition) is 0. The summed E-state index contributed by atoms with van der Waals surface area (Å²) >= 11 is 3.60. The van der Waals surface area contributed by atoms with Gasteiger partial charge in [-0.05, 0) is 134 Å². The van der Waals surface area contributed by atoms with Crippen LogP contribution < -0.4 is 26.2 Å². The minimum atomic E-state index is -0.195. The van der Waals surface area contributed by atoms with Crippen LogP contribution >= 0.6 is 22.7 Å². The highest BCUT2D eigenvalue weighted by molar-refractivity contribution is 7.18. The van der Waals surface area contributed by atoms with Crippen molar-refractivity contribution in [2.75, 3.05) is 9.80 Å². The molecule has 0 atom stereocenters. The molecule has 0 bridgehead atoms. The summed E-state index contributed by atoms with van der Waals surface area (Å²) in [7, 11) is 0. The van der Waals surface area contributed by atoms with Gasteiger partial charge in [-0.15, -0.1) is 22.7 Å². The van der Waals surface area contributed by atoms with Gasteiger partial charge in [-0.2, -0.15) is 0 Å². The van der Waals surface area contributed by atoms with Gasteiger partial charge in [-0.1, -0.05) is 128 Å². The predicted molar refractivity (Wildman–Crippen MR) is 293 cm³/mol. The lowest BCUT2D eigenvalue weighted by Crippen LogP contribution is -2.60. The summed E-state index contributed by atoms with van der Waals surface area (Å²) in [5.41, 5.74) is 18.2. The Bertz CT molecular complexity index is 3610. The third-order valence-electron chi connectivity index (χ3n) is 14.5. The molecule has 0 saturated carbocycles. The Labute approximate surface area is 406 Å². The van der Waals surface area contributed by atoms with E-state index in [9.17, 15) is 0 Å². The van der Waals surface area contributed by atoms with Gasteiger partial charge in [0.1, 0.15) is 11.2 Å². The van der Waals surface area contributed by atoms with Gasteiger partial charge in [-0.25, -0.2) is 0 Å². The SMILES string of the molecule is CC(C)c1cc2c3c(c1)N(c1cccc(-c4csc5ccccc45)c1)c1oc4ccc(C(C)(C)C)cc4c1B3c1c(oc3ccc(C(C)(C)C)cc13)N2c1cccc(-c2csc3ccccc23)c1. The predicted octanol–water partition coefficient (Wildman–Crippen LogP) is 16.7. The van der Waals surface area contributed by atoms with Crippen LogP contribution in [0.25, 0.3) is 64.4 Å². The molecule has 7 aromatic carbocycles. The molecule has 13 rings (SSSR count). The van der Waals surface area contributed by atoms with Gasteiger partial charge in [0.25, 0.3) is 6.71 Å². The van der Waals surface area contributed by atoms with E-state index in [1.54, 1.807) is 22.7 Å².